The van der Waals surface area contributed by atoms with Crippen LogP contribution in [0.3, 0.4) is 0 Å². The fourth-order valence-corrected chi connectivity index (χ4v) is 2.56. The number of halogens is 1. The van der Waals surface area contributed by atoms with Gasteiger partial charge in [-0.15, -0.1) is 0 Å². The van der Waals surface area contributed by atoms with Gasteiger partial charge >= 0.3 is 5.97 Å². The Bertz CT molecular complexity index is 465. The van der Waals surface area contributed by atoms with Crippen LogP contribution in [0.2, 0.25) is 5.02 Å². The predicted molar refractivity (Wildman–Crippen MR) is 65.1 cm³/mol. The number of carboxylic acid groups (broad SMARTS) is 1. The molecule has 1 unspecified atom stereocenters. The normalized spacial score (nSPS) is 19.1. The molecule has 1 atom stereocenters. The largest absolute Gasteiger partial charge is 0.481 e. The Kier molecular flexibility index (Phi) is 2.94. The maximum atomic E-state index is 11.5. The summed E-state index contributed by atoms with van der Waals surface area (Å²) in [5.74, 6) is -0.471. The van der Waals surface area contributed by atoms with Gasteiger partial charge < -0.3 is 5.11 Å². The highest BCUT2D eigenvalue weighted by atomic mass is 35.5. The molecule has 4 nitrogen and oxygen atoms in total. The summed E-state index contributed by atoms with van der Waals surface area (Å²) in [5.41, 5.74) is 0.859. The first-order valence-electron chi connectivity index (χ1n) is 5.77. The standard InChI is InChI=1S/C12H17ClN2O2/c1-7-10(13)9(15(3)14-7)6-12(2,11(16)17)8-4-5-8/h8H,4-6H2,1-3H3,(H,16,17). The molecule has 0 saturated heterocycles. The van der Waals surface area contributed by atoms with E-state index in [1.54, 1.807) is 4.68 Å². The molecule has 0 amide bonds. The molecule has 0 aromatic carbocycles. The summed E-state index contributed by atoms with van der Waals surface area (Å²) >= 11 is 6.17. The van der Waals surface area contributed by atoms with Crippen molar-refractivity contribution in [3.63, 3.8) is 0 Å². The second kappa shape index (κ2) is 4.02. The topological polar surface area (TPSA) is 55.1 Å². The Labute approximate surface area is 106 Å². The van der Waals surface area contributed by atoms with Crippen LogP contribution in [0, 0.1) is 18.3 Å². The van der Waals surface area contributed by atoms with Gasteiger partial charge in [-0.25, -0.2) is 0 Å². The molecule has 1 heterocycles. The van der Waals surface area contributed by atoms with Gasteiger partial charge in [0.05, 0.1) is 21.8 Å². The zero-order valence-corrected chi connectivity index (χ0v) is 11.1. The molecule has 0 spiro atoms. The zero-order valence-electron chi connectivity index (χ0n) is 10.3. The Morgan fingerprint density at radius 2 is 2.24 bits per heavy atom. The zero-order chi connectivity index (χ0) is 12.8. The van der Waals surface area contributed by atoms with E-state index in [2.05, 4.69) is 5.10 Å². The number of aromatic nitrogens is 2. The molecule has 1 aliphatic rings. The lowest BCUT2D eigenvalue weighted by atomic mass is 9.80. The molecule has 1 saturated carbocycles. The van der Waals surface area contributed by atoms with Gasteiger partial charge in [-0.05, 0) is 32.6 Å². The molecular formula is C12H17ClN2O2. The third-order valence-corrected chi connectivity index (χ3v) is 4.25. The summed E-state index contributed by atoms with van der Waals surface area (Å²) in [6, 6.07) is 0. The maximum Gasteiger partial charge on any atom is 0.310 e. The maximum absolute atomic E-state index is 11.5. The van der Waals surface area contributed by atoms with Crippen LogP contribution in [0.5, 0.6) is 0 Å². The molecule has 0 radical (unpaired) electrons. The van der Waals surface area contributed by atoms with E-state index >= 15 is 0 Å². The van der Waals surface area contributed by atoms with Gasteiger partial charge in [0.15, 0.2) is 0 Å². The Morgan fingerprint density at radius 3 is 2.59 bits per heavy atom. The number of hydrogen-bond acceptors (Lipinski definition) is 2. The van der Waals surface area contributed by atoms with Crippen LogP contribution in [0.1, 0.15) is 31.2 Å². The van der Waals surface area contributed by atoms with Crippen molar-refractivity contribution in [2.24, 2.45) is 18.4 Å². The number of nitrogens with zero attached hydrogens (tertiary/aromatic N) is 2. The summed E-state index contributed by atoms with van der Waals surface area (Å²) in [7, 11) is 1.81. The van der Waals surface area contributed by atoms with Gasteiger partial charge in [0.1, 0.15) is 0 Å². The van der Waals surface area contributed by atoms with Crippen LogP contribution in [-0.4, -0.2) is 20.9 Å². The molecule has 17 heavy (non-hydrogen) atoms. The van der Waals surface area contributed by atoms with Gasteiger partial charge in [-0.2, -0.15) is 5.10 Å². The van der Waals surface area contributed by atoms with E-state index < -0.39 is 11.4 Å². The van der Waals surface area contributed by atoms with E-state index in [9.17, 15) is 9.90 Å². The van der Waals surface area contributed by atoms with Gasteiger partial charge in [-0.3, -0.25) is 9.48 Å². The third kappa shape index (κ3) is 2.06. The lowest BCUT2D eigenvalue weighted by molar-refractivity contribution is -0.149. The highest BCUT2D eigenvalue weighted by molar-refractivity contribution is 6.31. The lowest BCUT2D eigenvalue weighted by Crippen LogP contribution is -2.33. The minimum atomic E-state index is -0.741. The smallest absolute Gasteiger partial charge is 0.310 e. The second-order valence-electron chi connectivity index (χ2n) is 5.14. The number of rotatable bonds is 4. The molecule has 1 aromatic heterocycles. The van der Waals surface area contributed by atoms with E-state index in [0.29, 0.717) is 11.4 Å². The number of carboxylic acids is 1. The van der Waals surface area contributed by atoms with Gasteiger partial charge in [0.2, 0.25) is 0 Å². The minimum Gasteiger partial charge on any atom is -0.481 e. The number of hydrogen-bond donors (Lipinski definition) is 1. The van der Waals surface area contributed by atoms with Crippen molar-refractivity contribution in [3.05, 3.63) is 16.4 Å². The first-order chi connectivity index (χ1) is 7.86. The molecule has 2 rings (SSSR count). The molecule has 0 bridgehead atoms. The lowest BCUT2D eigenvalue weighted by Gasteiger charge is -2.24. The number of carbonyl (C=O) groups is 1. The van der Waals surface area contributed by atoms with Crippen molar-refractivity contribution in [1.29, 1.82) is 0 Å². The van der Waals surface area contributed by atoms with Crippen LogP contribution >= 0.6 is 11.6 Å². The minimum absolute atomic E-state index is 0.270. The quantitative estimate of drug-likeness (QED) is 0.900. The van der Waals surface area contributed by atoms with Gasteiger partial charge in [0, 0.05) is 13.5 Å². The monoisotopic (exact) mass is 256 g/mol. The summed E-state index contributed by atoms with van der Waals surface area (Å²) in [6.07, 6.45) is 2.44. The van der Waals surface area contributed by atoms with Crippen LogP contribution in [0.15, 0.2) is 0 Å². The first kappa shape index (κ1) is 12.4. The molecule has 0 aliphatic heterocycles. The SMILES string of the molecule is Cc1nn(C)c(CC(C)(C(=O)O)C2CC2)c1Cl. The van der Waals surface area contributed by atoms with Crippen molar-refractivity contribution >= 4 is 17.6 Å². The summed E-state index contributed by atoms with van der Waals surface area (Å²) < 4.78 is 1.70. The van der Waals surface area contributed by atoms with Gasteiger partial charge in [-0.1, -0.05) is 11.6 Å². The van der Waals surface area contributed by atoms with Crippen molar-refractivity contribution in [2.75, 3.05) is 0 Å². The summed E-state index contributed by atoms with van der Waals surface area (Å²) in [5, 5.41) is 14.2. The van der Waals surface area contributed by atoms with Crippen molar-refractivity contribution in [3.8, 4) is 0 Å². The molecule has 1 aliphatic carbocycles. The molecule has 1 fully saturated rings. The van der Waals surface area contributed by atoms with Crippen LogP contribution < -0.4 is 0 Å². The van der Waals surface area contributed by atoms with Crippen molar-refractivity contribution in [2.45, 2.75) is 33.1 Å². The number of aryl methyl sites for hydroxylation is 2. The van der Waals surface area contributed by atoms with Crippen LogP contribution in [0.25, 0.3) is 0 Å². The summed E-state index contributed by atoms with van der Waals surface area (Å²) in [4.78, 5) is 11.5. The first-order valence-corrected chi connectivity index (χ1v) is 6.15. The second-order valence-corrected chi connectivity index (χ2v) is 5.52. The molecule has 1 aromatic rings. The summed E-state index contributed by atoms with van der Waals surface area (Å²) in [6.45, 7) is 3.65. The highest BCUT2D eigenvalue weighted by Crippen LogP contribution is 2.48. The van der Waals surface area contributed by atoms with Crippen molar-refractivity contribution < 1.29 is 9.90 Å². The predicted octanol–water partition coefficient (Wildman–Crippen LogP) is 2.43. The highest BCUT2D eigenvalue weighted by Gasteiger charge is 2.48. The average molecular weight is 257 g/mol. The van der Waals surface area contributed by atoms with Crippen LogP contribution in [0.4, 0.5) is 0 Å². The fraction of sp³-hybridized carbons (Fsp3) is 0.667. The van der Waals surface area contributed by atoms with E-state index in [4.69, 9.17) is 11.6 Å². The van der Waals surface area contributed by atoms with E-state index in [-0.39, 0.29) is 5.92 Å². The van der Waals surface area contributed by atoms with Crippen LogP contribution in [-0.2, 0) is 18.3 Å². The molecule has 5 heteroatoms. The fourth-order valence-electron chi connectivity index (χ4n) is 2.34. The van der Waals surface area contributed by atoms with E-state index in [1.165, 1.54) is 0 Å². The molecule has 94 valence electrons. The molecular weight excluding hydrogens is 240 g/mol. The Morgan fingerprint density at radius 1 is 1.65 bits per heavy atom. The van der Waals surface area contributed by atoms with Gasteiger partial charge in [0.25, 0.3) is 0 Å². The van der Waals surface area contributed by atoms with E-state index in [1.807, 2.05) is 20.9 Å². The number of aliphatic carboxylic acids is 1. The molecule has 1 N–H and O–H groups in total. The Hall–Kier alpha value is -1.03. The average Bonchev–Trinajstić information content (AvgIpc) is 3.04. The Balaban J connectivity index is 2.32. The van der Waals surface area contributed by atoms with Crippen molar-refractivity contribution in [1.82, 2.24) is 9.78 Å². The third-order valence-electron chi connectivity index (χ3n) is 3.76. The van der Waals surface area contributed by atoms with E-state index in [0.717, 1.165) is 24.2 Å².